The van der Waals surface area contributed by atoms with Crippen molar-refractivity contribution in [1.29, 1.82) is 0 Å². The Bertz CT molecular complexity index is 485. The predicted octanol–water partition coefficient (Wildman–Crippen LogP) is 2.19. The van der Waals surface area contributed by atoms with E-state index in [-0.39, 0.29) is 17.7 Å². The van der Waals surface area contributed by atoms with E-state index in [9.17, 15) is 9.59 Å². The number of carbonyl (C=O) groups is 2. The molecule has 0 aliphatic carbocycles. The summed E-state index contributed by atoms with van der Waals surface area (Å²) >= 11 is 0. The van der Waals surface area contributed by atoms with Gasteiger partial charge in [0.1, 0.15) is 0 Å². The molecule has 0 radical (unpaired) electrons. The Morgan fingerprint density at radius 1 is 1.37 bits per heavy atom. The Hall–Kier alpha value is -1.84. The van der Waals surface area contributed by atoms with Gasteiger partial charge in [0, 0.05) is 25.7 Å². The fraction of sp³-hybridized carbons (Fsp3) is 0.467. The van der Waals surface area contributed by atoms with E-state index in [4.69, 9.17) is 0 Å². The summed E-state index contributed by atoms with van der Waals surface area (Å²) in [6.07, 6.45) is 1.74. The Morgan fingerprint density at radius 2 is 2.16 bits per heavy atom. The third-order valence-corrected chi connectivity index (χ3v) is 3.52. The van der Waals surface area contributed by atoms with Crippen LogP contribution in [-0.2, 0) is 9.59 Å². The number of piperidine rings is 1. The van der Waals surface area contributed by atoms with Gasteiger partial charge in [0.2, 0.25) is 11.8 Å². The highest BCUT2D eigenvalue weighted by atomic mass is 16.2. The maximum atomic E-state index is 12.2. The summed E-state index contributed by atoms with van der Waals surface area (Å²) in [5, 5.41) is 2.94. The minimum absolute atomic E-state index is 0.0107. The predicted molar refractivity (Wildman–Crippen MR) is 74.8 cm³/mol. The Balaban J connectivity index is 1.98. The number of nitrogens with zero attached hydrogens (tertiary/aromatic N) is 1. The fourth-order valence-corrected chi connectivity index (χ4v) is 2.44. The molecule has 0 saturated carbocycles. The number of hydrogen-bond acceptors (Lipinski definition) is 2. The van der Waals surface area contributed by atoms with Crippen LogP contribution in [0.4, 0.5) is 5.69 Å². The molecule has 0 bridgehead atoms. The number of hydrogen-bond donors (Lipinski definition) is 1. The molecule has 1 N–H and O–H groups in total. The number of amides is 2. The second-order valence-corrected chi connectivity index (χ2v) is 5.16. The summed E-state index contributed by atoms with van der Waals surface area (Å²) < 4.78 is 0. The average Bonchev–Trinajstić information content (AvgIpc) is 2.39. The van der Waals surface area contributed by atoms with E-state index in [0.29, 0.717) is 6.54 Å². The van der Waals surface area contributed by atoms with Gasteiger partial charge in [-0.15, -0.1) is 0 Å². The zero-order valence-electron chi connectivity index (χ0n) is 11.5. The lowest BCUT2D eigenvalue weighted by Gasteiger charge is -2.31. The van der Waals surface area contributed by atoms with Crippen molar-refractivity contribution in [2.75, 3.05) is 18.4 Å². The Labute approximate surface area is 113 Å². The number of nitrogens with one attached hydrogen (secondary N) is 1. The molecule has 1 saturated heterocycles. The largest absolute Gasteiger partial charge is 0.342 e. The second kappa shape index (κ2) is 5.87. The Morgan fingerprint density at radius 3 is 2.84 bits per heavy atom. The molecule has 2 amide bonds. The molecule has 0 unspecified atom stereocenters. The van der Waals surface area contributed by atoms with Crippen LogP contribution in [0.25, 0.3) is 0 Å². The van der Waals surface area contributed by atoms with Gasteiger partial charge >= 0.3 is 0 Å². The molecule has 2 rings (SSSR count). The monoisotopic (exact) mass is 260 g/mol. The van der Waals surface area contributed by atoms with E-state index in [2.05, 4.69) is 5.32 Å². The lowest BCUT2D eigenvalue weighted by Crippen LogP contribution is -2.42. The number of benzene rings is 1. The zero-order chi connectivity index (χ0) is 13.8. The van der Waals surface area contributed by atoms with Gasteiger partial charge in [-0.2, -0.15) is 0 Å². The highest BCUT2D eigenvalue weighted by molar-refractivity contribution is 5.93. The molecule has 19 heavy (non-hydrogen) atoms. The third kappa shape index (κ3) is 3.56. The fourth-order valence-electron chi connectivity index (χ4n) is 2.44. The highest BCUT2D eigenvalue weighted by Crippen LogP contribution is 2.19. The maximum absolute atomic E-state index is 12.2. The van der Waals surface area contributed by atoms with Crippen LogP contribution < -0.4 is 5.32 Å². The van der Waals surface area contributed by atoms with E-state index in [1.54, 1.807) is 11.8 Å². The van der Waals surface area contributed by atoms with E-state index in [1.165, 1.54) is 0 Å². The topological polar surface area (TPSA) is 49.4 Å². The van der Waals surface area contributed by atoms with Crippen molar-refractivity contribution in [2.24, 2.45) is 5.92 Å². The quantitative estimate of drug-likeness (QED) is 0.886. The van der Waals surface area contributed by atoms with Crippen molar-refractivity contribution in [2.45, 2.75) is 26.7 Å². The molecule has 102 valence electrons. The molecular weight excluding hydrogens is 240 g/mol. The van der Waals surface area contributed by atoms with Crippen LogP contribution in [0.1, 0.15) is 25.3 Å². The first-order valence-corrected chi connectivity index (χ1v) is 6.69. The first-order chi connectivity index (χ1) is 9.06. The van der Waals surface area contributed by atoms with Gasteiger partial charge in [0.15, 0.2) is 0 Å². The van der Waals surface area contributed by atoms with Crippen LogP contribution in [0.3, 0.4) is 0 Å². The molecule has 1 heterocycles. The lowest BCUT2D eigenvalue weighted by molar-refractivity contribution is -0.132. The molecule has 0 aromatic heterocycles. The van der Waals surface area contributed by atoms with Crippen LogP contribution >= 0.6 is 0 Å². The molecule has 4 heteroatoms. The van der Waals surface area contributed by atoms with Crippen LogP contribution in [0, 0.1) is 12.8 Å². The molecule has 0 spiro atoms. The minimum Gasteiger partial charge on any atom is -0.342 e. The number of anilines is 1. The smallest absolute Gasteiger partial charge is 0.229 e. The Kier molecular flexibility index (Phi) is 4.20. The first kappa shape index (κ1) is 13.6. The van der Waals surface area contributed by atoms with Gasteiger partial charge < -0.3 is 10.2 Å². The molecule has 1 atom stereocenters. The van der Waals surface area contributed by atoms with Gasteiger partial charge in [0.05, 0.1) is 5.92 Å². The summed E-state index contributed by atoms with van der Waals surface area (Å²) in [4.78, 5) is 25.3. The van der Waals surface area contributed by atoms with Crippen LogP contribution in [0.15, 0.2) is 24.3 Å². The van der Waals surface area contributed by atoms with Crippen molar-refractivity contribution in [1.82, 2.24) is 4.90 Å². The normalized spacial score (nSPS) is 19.1. The SMILES string of the molecule is CC(=O)N1CCC[C@H](C(=O)Nc2cccc(C)c2)C1. The van der Waals surface area contributed by atoms with Crippen LogP contribution in [0.2, 0.25) is 0 Å². The van der Waals surface area contributed by atoms with Crippen molar-refractivity contribution < 1.29 is 9.59 Å². The molecular formula is C15H20N2O2. The maximum Gasteiger partial charge on any atom is 0.229 e. The zero-order valence-corrected chi connectivity index (χ0v) is 11.5. The van der Waals surface area contributed by atoms with E-state index in [0.717, 1.165) is 30.6 Å². The number of aryl methyl sites for hydroxylation is 1. The van der Waals surface area contributed by atoms with Crippen molar-refractivity contribution in [3.05, 3.63) is 29.8 Å². The molecule has 1 aliphatic heterocycles. The van der Waals surface area contributed by atoms with E-state index in [1.807, 2.05) is 31.2 Å². The third-order valence-electron chi connectivity index (χ3n) is 3.52. The van der Waals surface area contributed by atoms with Crippen LogP contribution in [-0.4, -0.2) is 29.8 Å². The minimum atomic E-state index is -0.0989. The van der Waals surface area contributed by atoms with Gasteiger partial charge in [-0.25, -0.2) is 0 Å². The summed E-state index contributed by atoms with van der Waals surface area (Å²) in [6.45, 7) is 4.85. The average molecular weight is 260 g/mol. The highest BCUT2D eigenvalue weighted by Gasteiger charge is 2.26. The molecule has 4 nitrogen and oxygen atoms in total. The number of likely N-dealkylation sites (tertiary alicyclic amines) is 1. The van der Waals surface area contributed by atoms with Crippen molar-refractivity contribution in [3.8, 4) is 0 Å². The van der Waals surface area contributed by atoms with Gasteiger partial charge in [-0.1, -0.05) is 12.1 Å². The molecule has 1 aromatic rings. The van der Waals surface area contributed by atoms with Crippen molar-refractivity contribution >= 4 is 17.5 Å². The van der Waals surface area contributed by atoms with E-state index < -0.39 is 0 Å². The molecule has 1 fully saturated rings. The summed E-state index contributed by atoms with van der Waals surface area (Å²) in [6, 6.07) is 7.75. The van der Waals surface area contributed by atoms with E-state index >= 15 is 0 Å². The van der Waals surface area contributed by atoms with Crippen LogP contribution in [0.5, 0.6) is 0 Å². The lowest BCUT2D eigenvalue weighted by atomic mass is 9.97. The van der Waals surface area contributed by atoms with Gasteiger partial charge in [-0.3, -0.25) is 9.59 Å². The van der Waals surface area contributed by atoms with Gasteiger partial charge in [0.25, 0.3) is 0 Å². The summed E-state index contributed by atoms with van der Waals surface area (Å²) in [5.41, 5.74) is 1.94. The first-order valence-electron chi connectivity index (χ1n) is 6.69. The summed E-state index contributed by atoms with van der Waals surface area (Å²) in [5.74, 6) is -0.0391. The standard InChI is InChI=1S/C15H20N2O2/c1-11-5-3-7-14(9-11)16-15(19)13-6-4-8-17(10-13)12(2)18/h3,5,7,9,13H,4,6,8,10H2,1-2H3,(H,16,19)/t13-/m0/s1. The number of carbonyl (C=O) groups excluding carboxylic acids is 2. The molecule has 1 aliphatic rings. The second-order valence-electron chi connectivity index (χ2n) is 5.16. The molecule has 1 aromatic carbocycles. The van der Waals surface area contributed by atoms with Gasteiger partial charge in [-0.05, 0) is 37.5 Å². The number of rotatable bonds is 2. The summed E-state index contributed by atoms with van der Waals surface area (Å²) in [7, 11) is 0. The van der Waals surface area contributed by atoms with Crippen molar-refractivity contribution in [3.63, 3.8) is 0 Å².